The predicted molar refractivity (Wildman–Crippen MR) is 87.1 cm³/mol. The minimum absolute atomic E-state index is 0.0950. The van der Waals surface area contributed by atoms with E-state index < -0.39 is 0 Å². The van der Waals surface area contributed by atoms with Crippen molar-refractivity contribution < 1.29 is 4.79 Å². The Labute approximate surface area is 130 Å². The van der Waals surface area contributed by atoms with Crippen molar-refractivity contribution in [1.29, 1.82) is 0 Å². The minimum atomic E-state index is -0.159. The number of nitrogens with one attached hydrogen (secondary N) is 1. The molecule has 0 radical (unpaired) electrons. The molecule has 2 aromatic rings. The fourth-order valence-corrected chi connectivity index (χ4v) is 2.09. The molecule has 0 aliphatic rings. The number of anilines is 1. The fourth-order valence-electron chi connectivity index (χ4n) is 1.92. The maximum Gasteiger partial charge on any atom is 0.255 e. The molecule has 21 heavy (non-hydrogen) atoms. The number of hydrogen-bond donors (Lipinski definition) is 1. The Morgan fingerprint density at radius 3 is 2.62 bits per heavy atom. The van der Waals surface area contributed by atoms with Gasteiger partial charge in [0.15, 0.2) is 0 Å². The predicted octanol–water partition coefficient (Wildman–Crippen LogP) is 4.59. The van der Waals surface area contributed by atoms with Crippen LogP contribution in [0, 0.1) is 6.92 Å². The molecule has 1 amide bonds. The number of nitrogens with zero attached hydrogens (tertiary/aromatic N) is 1. The third-order valence-electron chi connectivity index (χ3n) is 3.31. The summed E-state index contributed by atoms with van der Waals surface area (Å²) in [6.45, 7) is 8.08. The second-order valence-electron chi connectivity index (χ2n) is 6.05. The number of pyridine rings is 1. The highest BCUT2D eigenvalue weighted by molar-refractivity contribution is 6.31. The van der Waals surface area contributed by atoms with Gasteiger partial charge in [-0.2, -0.15) is 0 Å². The van der Waals surface area contributed by atoms with E-state index in [2.05, 4.69) is 31.1 Å². The summed E-state index contributed by atoms with van der Waals surface area (Å²) in [7, 11) is 0. The van der Waals surface area contributed by atoms with E-state index in [0.717, 1.165) is 16.9 Å². The summed E-state index contributed by atoms with van der Waals surface area (Å²) in [5.41, 5.74) is 2.97. The van der Waals surface area contributed by atoms with Gasteiger partial charge in [-0.15, -0.1) is 0 Å². The molecule has 2 rings (SSSR count). The number of halogens is 1. The summed E-state index contributed by atoms with van der Waals surface area (Å²) in [4.78, 5) is 16.7. The Morgan fingerprint density at radius 2 is 1.95 bits per heavy atom. The van der Waals surface area contributed by atoms with Gasteiger partial charge in [0.2, 0.25) is 0 Å². The van der Waals surface area contributed by atoms with Gasteiger partial charge in [-0.25, -0.2) is 0 Å². The van der Waals surface area contributed by atoms with Crippen molar-refractivity contribution in [3.05, 3.63) is 58.4 Å². The number of carbonyl (C=O) groups excluding carboxylic acids is 1. The molecule has 1 N–H and O–H groups in total. The first-order chi connectivity index (χ1) is 9.79. The Morgan fingerprint density at radius 1 is 1.24 bits per heavy atom. The Balaban J connectivity index is 2.27. The Hall–Kier alpha value is -1.87. The molecule has 110 valence electrons. The van der Waals surface area contributed by atoms with Crippen LogP contribution in [0.25, 0.3) is 0 Å². The molecular formula is C17H19ClN2O. The normalized spacial score (nSPS) is 11.3. The van der Waals surface area contributed by atoms with Crippen molar-refractivity contribution in [3.8, 4) is 0 Å². The molecule has 1 aromatic carbocycles. The van der Waals surface area contributed by atoms with Gasteiger partial charge in [0, 0.05) is 33.6 Å². The van der Waals surface area contributed by atoms with Crippen molar-refractivity contribution >= 4 is 23.2 Å². The van der Waals surface area contributed by atoms with E-state index in [-0.39, 0.29) is 11.3 Å². The molecule has 0 atom stereocenters. The van der Waals surface area contributed by atoms with Crippen LogP contribution in [0.3, 0.4) is 0 Å². The Kier molecular flexibility index (Phi) is 4.33. The molecular weight excluding hydrogens is 284 g/mol. The molecule has 1 aromatic heterocycles. The fraction of sp³-hybridized carbons (Fsp3) is 0.294. The number of benzene rings is 1. The molecule has 0 fully saturated rings. The topological polar surface area (TPSA) is 42.0 Å². The van der Waals surface area contributed by atoms with Gasteiger partial charge in [0.25, 0.3) is 5.91 Å². The summed E-state index contributed by atoms with van der Waals surface area (Å²) in [6, 6.07) is 9.00. The van der Waals surface area contributed by atoms with E-state index in [4.69, 9.17) is 11.6 Å². The van der Waals surface area contributed by atoms with Crippen molar-refractivity contribution in [2.45, 2.75) is 33.1 Å². The molecule has 0 bridgehead atoms. The third kappa shape index (κ3) is 3.61. The molecule has 0 aliphatic heterocycles. The maximum atomic E-state index is 12.4. The van der Waals surface area contributed by atoms with Gasteiger partial charge >= 0.3 is 0 Å². The second-order valence-corrected chi connectivity index (χ2v) is 6.45. The van der Waals surface area contributed by atoms with Crippen molar-refractivity contribution in [2.24, 2.45) is 0 Å². The van der Waals surface area contributed by atoms with Gasteiger partial charge in [-0.1, -0.05) is 38.4 Å². The van der Waals surface area contributed by atoms with Gasteiger partial charge < -0.3 is 5.32 Å². The summed E-state index contributed by atoms with van der Waals surface area (Å²) >= 11 is 6.07. The average molecular weight is 303 g/mol. The van der Waals surface area contributed by atoms with Crippen LogP contribution in [0.1, 0.15) is 42.4 Å². The lowest BCUT2D eigenvalue weighted by Crippen LogP contribution is -2.17. The van der Waals surface area contributed by atoms with E-state index in [9.17, 15) is 4.79 Å². The summed E-state index contributed by atoms with van der Waals surface area (Å²) in [5, 5.41) is 3.53. The van der Waals surface area contributed by atoms with Crippen LogP contribution in [0.5, 0.6) is 0 Å². The third-order valence-corrected chi connectivity index (χ3v) is 3.72. The second kappa shape index (κ2) is 5.86. The van der Waals surface area contributed by atoms with E-state index >= 15 is 0 Å². The zero-order valence-corrected chi connectivity index (χ0v) is 13.5. The van der Waals surface area contributed by atoms with Crippen molar-refractivity contribution in [1.82, 2.24) is 4.98 Å². The highest BCUT2D eigenvalue weighted by atomic mass is 35.5. The van der Waals surface area contributed by atoms with Crippen molar-refractivity contribution in [3.63, 3.8) is 0 Å². The average Bonchev–Trinajstić information content (AvgIpc) is 2.43. The van der Waals surface area contributed by atoms with E-state index in [1.54, 1.807) is 18.3 Å². The van der Waals surface area contributed by atoms with E-state index in [1.165, 1.54) is 0 Å². The van der Waals surface area contributed by atoms with Gasteiger partial charge in [-0.3, -0.25) is 9.78 Å². The monoisotopic (exact) mass is 302 g/mol. The molecule has 0 saturated carbocycles. The maximum absolute atomic E-state index is 12.4. The van der Waals surface area contributed by atoms with Gasteiger partial charge in [0.1, 0.15) is 0 Å². The summed E-state index contributed by atoms with van der Waals surface area (Å²) in [5.74, 6) is -0.159. The smallest absolute Gasteiger partial charge is 0.255 e. The quantitative estimate of drug-likeness (QED) is 0.881. The first-order valence-corrected chi connectivity index (χ1v) is 7.20. The van der Waals surface area contributed by atoms with Crippen LogP contribution in [-0.4, -0.2) is 10.9 Å². The number of carbonyl (C=O) groups is 1. The van der Waals surface area contributed by atoms with E-state index in [1.807, 2.05) is 25.1 Å². The Bertz CT molecular complexity index is 675. The van der Waals surface area contributed by atoms with Crippen LogP contribution in [0.15, 0.2) is 36.5 Å². The number of aromatic nitrogens is 1. The highest BCUT2D eigenvalue weighted by Gasteiger charge is 2.17. The molecule has 0 aliphatic carbocycles. The SMILES string of the molecule is Cc1c(Cl)cccc1NC(=O)c1ccnc(C(C)(C)C)c1. The highest BCUT2D eigenvalue weighted by Crippen LogP contribution is 2.24. The summed E-state index contributed by atoms with van der Waals surface area (Å²) in [6.07, 6.45) is 1.67. The van der Waals surface area contributed by atoms with Crippen LogP contribution >= 0.6 is 11.6 Å². The lowest BCUT2D eigenvalue weighted by Gasteiger charge is -2.18. The lowest BCUT2D eigenvalue weighted by molar-refractivity contribution is 0.102. The van der Waals surface area contributed by atoms with Crippen LogP contribution in [0.4, 0.5) is 5.69 Å². The van der Waals surface area contributed by atoms with Crippen LogP contribution in [-0.2, 0) is 5.41 Å². The summed E-state index contributed by atoms with van der Waals surface area (Å²) < 4.78 is 0. The number of hydrogen-bond acceptors (Lipinski definition) is 2. The standard InChI is InChI=1S/C17H19ClN2O/c1-11-13(18)6-5-7-14(11)20-16(21)12-8-9-19-15(10-12)17(2,3)4/h5-10H,1-4H3,(H,20,21). The molecule has 0 spiro atoms. The molecule has 1 heterocycles. The molecule has 0 unspecified atom stereocenters. The van der Waals surface area contributed by atoms with Crippen LogP contribution < -0.4 is 5.32 Å². The number of amides is 1. The largest absolute Gasteiger partial charge is 0.322 e. The first-order valence-electron chi connectivity index (χ1n) is 6.82. The molecule has 4 heteroatoms. The number of rotatable bonds is 2. The molecule has 3 nitrogen and oxygen atoms in total. The van der Waals surface area contributed by atoms with E-state index in [0.29, 0.717) is 10.6 Å². The molecule has 0 saturated heterocycles. The van der Waals surface area contributed by atoms with Gasteiger partial charge in [0.05, 0.1) is 0 Å². The first kappa shape index (κ1) is 15.5. The minimum Gasteiger partial charge on any atom is -0.322 e. The van der Waals surface area contributed by atoms with Gasteiger partial charge in [-0.05, 0) is 36.8 Å². The lowest BCUT2D eigenvalue weighted by atomic mass is 9.91. The zero-order valence-electron chi connectivity index (χ0n) is 12.7. The zero-order chi connectivity index (χ0) is 15.6. The van der Waals surface area contributed by atoms with Crippen molar-refractivity contribution in [2.75, 3.05) is 5.32 Å². The van der Waals surface area contributed by atoms with Crippen LogP contribution in [0.2, 0.25) is 5.02 Å².